The molecule has 1 aliphatic heterocycles. The fourth-order valence-corrected chi connectivity index (χ4v) is 5.99. The van der Waals surface area contributed by atoms with Crippen LogP contribution in [0.3, 0.4) is 0 Å². The number of nitro benzene ring substituents is 1. The fourth-order valence-electron chi connectivity index (χ4n) is 3.85. The fraction of sp³-hybridized carbons (Fsp3) is 0.400. The number of Topliss-reactive ketones (excluding diaryl/α,β-unsaturated/α-hetero) is 1. The van der Waals surface area contributed by atoms with E-state index in [1.165, 1.54) is 30.0 Å². The highest BCUT2D eigenvalue weighted by Crippen LogP contribution is 2.30. The quantitative estimate of drug-likeness (QED) is 0.200. The zero-order valence-corrected chi connectivity index (χ0v) is 18.9. The van der Waals surface area contributed by atoms with E-state index in [0.717, 1.165) is 5.69 Å². The summed E-state index contributed by atoms with van der Waals surface area (Å²) in [5, 5.41) is 11.2. The van der Waals surface area contributed by atoms with Crippen LogP contribution in [0, 0.1) is 24.0 Å². The molecule has 166 valence electrons. The van der Waals surface area contributed by atoms with Crippen molar-refractivity contribution in [2.75, 3.05) is 24.4 Å². The summed E-state index contributed by atoms with van der Waals surface area (Å²) in [5.74, 6) is -1.27. The smallest absolute Gasteiger partial charge is 0.345 e. The molecule has 31 heavy (non-hydrogen) atoms. The number of carbonyl (C=O) groups is 2. The van der Waals surface area contributed by atoms with E-state index in [-0.39, 0.29) is 23.1 Å². The van der Waals surface area contributed by atoms with E-state index in [1.54, 1.807) is 26.2 Å². The van der Waals surface area contributed by atoms with Crippen LogP contribution in [0.1, 0.15) is 44.6 Å². The van der Waals surface area contributed by atoms with Gasteiger partial charge in [0.1, 0.15) is 5.56 Å². The molecule has 1 aromatic carbocycles. The van der Waals surface area contributed by atoms with Crippen LogP contribution in [0.4, 0.5) is 5.69 Å². The van der Waals surface area contributed by atoms with Crippen LogP contribution in [0.15, 0.2) is 29.2 Å². The summed E-state index contributed by atoms with van der Waals surface area (Å²) < 4.78 is 30.6. The number of aryl methyl sites for hydroxylation is 1. The summed E-state index contributed by atoms with van der Waals surface area (Å²) in [5.41, 5.74) is 1.08. The molecule has 2 aromatic rings. The molecular weight excluding hydrogens is 444 g/mol. The zero-order chi connectivity index (χ0) is 22.9. The summed E-state index contributed by atoms with van der Waals surface area (Å²) in [6.07, 6.45) is 2.25. The Labute approximate surface area is 183 Å². The number of carbonyl (C=O) groups excluding carboxylic acids is 2. The van der Waals surface area contributed by atoms with Crippen molar-refractivity contribution in [2.45, 2.75) is 31.2 Å². The van der Waals surface area contributed by atoms with Crippen molar-refractivity contribution < 1.29 is 27.7 Å². The van der Waals surface area contributed by atoms with Gasteiger partial charge in [-0.25, -0.2) is 13.2 Å². The minimum Gasteiger partial charge on any atom is -0.454 e. The van der Waals surface area contributed by atoms with Crippen LogP contribution >= 0.6 is 11.8 Å². The van der Waals surface area contributed by atoms with Crippen LogP contribution < -0.4 is 0 Å². The van der Waals surface area contributed by atoms with Crippen LogP contribution in [0.5, 0.6) is 0 Å². The van der Waals surface area contributed by atoms with Gasteiger partial charge in [-0.1, -0.05) is 0 Å². The molecule has 0 spiro atoms. The monoisotopic (exact) mass is 466 g/mol. The van der Waals surface area contributed by atoms with Crippen molar-refractivity contribution in [3.05, 3.63) is 56.9 Å². The van der Waals surface area contributed by atoms with E-state index in [0.29, 0.717) is 22.6 Å². The average molecular weight is 467 g/mol. The SMILES string of the molecule is CSc1ccc([N+](=O)[O-])c(C(=O)OCC(=O)c2cc(C)n(C3CCS(=O)(=O)C3)c2C)c1. The molecular formula is C20H22N2O7S2. The molecule has 2 heterocycles. The number of hydrogen-bond donors (Lipinski definition) is 0. The number of rotatable bonds is 7. The number of nitro groups is 1. The third-order valence-corrected chi connectivity index (χ3v) is 7.79. The van der Waals surface area contributed by atoms with Crippen molar-refractivity contribution in [3.63, 3.8) is 0 Å². The number of benzene rings is 1. The van der Waals surface area contributed by atoms with Crippen LogP contribution in [0.25, 0.3) is 0 Å². The van der Waals surface area contributed by atoms with E-state index in [9.17, 15) is 28.1 Å². The number of nitrogens with zero attached hydrogens (tertiary/aromatic N) is 2. The van der Waals surface area contributed by atoms with Crippen molar-refractivity contribution in [1.82, 2.24) is 4.57 Å². The van der Waals surface area contributed by atoms with E-state index in [2.05, 4.69) is 0 Å². The third kappa shape index (κ3) is 4.82. The van der Waals surface area contributed by atoms with Gasteiger partial charge in [-0.15, -0.1) is 11.8 Å². The maximum atomic E-state index is 12.7. The first-order chi connectivity index (χ1) is 14.5. The van der Waals surface area contributed by atoms with Gasteiger partial charge in [0.2, 0.25) is 5.78 Å². The first-order valence-electron chi connectivity index (χ1n) is 9.45. The van der Waals surface area contributed by atoms with Gasteiger partial charge in [0.05, 0.1) is 16.4 Å². The lowest BCUT2D eigenvalue weighted by Crippen LogP contribution is -2.17. The normalized spacial score (nSPS) is 17.5. The van der Waals surface area contributed by atoms with Gasteiger partial charge in [-0.3, -0.25) is 14.9 Å². The Bertz CT molecular complexity index is 1170. The number of thioether (sulfide) groups is 1. The second-order valence-corrected chi connectivity index (χ2v) is 10.5. The molecule has 11 heteroatoms. The molecule has 1 saturated heterocycles. The van der Waals surface area contributed by atoms with Crippen LogP contribution in [0.2, 0.25) is 0 Å². The molecule has 9 nitrogen and oxygen atoms in total. The summed E-state index contributed by atoms with van der Waals surface area (Å²) in [7, 11) is -3.09. The van der Waals surface area contributed by atoms with E-state index >= 15 is 0 Å². The average Bonchev–Trinajstić information content (AvgIpc) is 3.22. The maximum absolute atomic E-state index is 12.7. The molecule has 0 saturated carbocycles. The van der Waals surface area contributed by atoms with Gasteiger partial charge in [0.25, 0.3) is 5.69 Å². The zero-order valence-electron chi connectivity index (χ0n) is 17.3. The molecule has 3 rings (SSSR count). The number of aromatic nitrogens is 1. The predicted octanol–water partition coefficient (Wildman–Crippen LogP) is 3.13. The standard InChI is InChI=1S/C20H22N2O7S2/c1-12-8-16(13(2)21(12)14-6-7-31(27,28)11-14)19(23)10-29-20(24)17-9-15(30-3)4-5-18(17)22(25)26/h4-5,8-9,14H,6-7,10-11H2,1-3H3. The number of hydrogen-bond acceptors (Lipinski definition) is 8. The van der Waals surface area contributed by atoms with Gasteiger partial charge in [0, 0.05) is 34.0 Å². The Morgan fingerprint density at radius 3 is 2.55 bits per heavy atom. The third-order valence-electron chi connectivity index (χ3n) is 5.31. The summed E-state index contributed by atoms with van der Waals surface area (Å²) in [6, 6.07) is 5.54. The minimum atomic E-state index is -3.09. The van der Waals surface area contributed by atoms with Crippen molar-refractivity contribution in [1.29, 1.82) is 0 Å². The van der Waals surface area contributed by atoms with Gasteiger partial charge >= 0.3 is 5.97 Å². The molecule has 1 atom stereocenters. The van der Waals surface area contributed by atoms with E-state index in [1.807, 2.05) is 4.57 Å². The Hall–Kier alpha value is -2.66. The highest BCUT2D eigenvalue weighted by Gasteiger charge is 2.32. The highest BCUT2D eigenvalue weighted by molar-refractivity contribution is 7.98. The Kier molecular flexibility index (Phi) is 6.56. The molecule has 1 fully saturated rings. The summed E-state index contributed by atoms with van der Waals surface area (Å²) in [4.78, 5) is 36.4. The highest BCUT2D eigenvalue weighted by atomic mass is 32.2. The molecule has 1 unspecified atom stereocenters. The van der Waals surface area contributed by atoms with Crippen molar-refractivity contribution in [2.24, 2.45) is 0 Å². The topological polar surface area (TPSA) is 126 Å². The predicted molar refractivity (Wildman–Crippen MR) is 116 cm³/mol. The first-order valence-corrected chi connectivity index (χ1v) is 12.5. The summed E-state index contributed by atoms with van der Waals surface area (Å²) >= 11 is 1.32. The van der Waals surface area contributed by atoms with Crippen LogP contribution in [-0.2, 0) is 14.6 Å². The van der Waals surface area contributed by atoms with E-state index in [4.69, 9.17) is 4.74 Å². The molecule has 0 radical (unpaired) electrons. The number of sulfone groups is 1. The molecule has 1 aliphatic rings. The van der Waals surface area contributed by atoms with Crippen molar-refractivity contribution >= 4 is 39.0 Å². The lowest BCUT2D eigenvalue weighted by atomic mass is 10.1. The Balaban J connectivity index is 1.77. The molecule has 1 aromatic heterocycles. The minimum absolute atomic E-state index is 0.0292. The van der Waals surface area contributed by atoms with Gasteiger partial charge in [-0.05, 0) is 44.7 Å². The lowest BCUT2D eigenvalue weighted by Gasteiger charge is -2.16. The number of ketones is 1. The Morgan fingerprint density at radius 2 is 1.97 bits per heavy atom. The lowest BCUT2D eigenvalue weighted by molar-refractivity contribution is -0.385. The van der Waals surface area contributed by atoms with Gasteiger partial charge < -0.3 is 9.30 Å². The summed E-state index contributed by atoms with van der Waals surface area (Å²) in [6.45, 7) is 2.94. The number of esters is 1. The second kappa shape index (κ2) is 8.83. The maximum Gasteiger partial charge on any atom is 0.345 e. The van der Waals surface area contributed by atoms with Crippen molar-refractivity contribution in [3.8, 4) is 0 Å². The molecule has 0 bridgehead atoms. The molecule has 0 N–H and O–H groups in total. The van der Waals surface area contributed by atoms with Gasteiger partial charge in [0.15, 0.2) is 16.4 Å². The molecule has 0 amide bonds. The van der Waals surface area contributed by atoms with Crippen LogP contribution in [-0.4, -0.2) is 54.0 Å². The molecule has 0 aliphatic carbocycles. The van der Waals surface area contributed by atoms with Gasteiger partial charge in [-0.2, -0.15) is 0 Å². The van der Waals surface area contributed by atoms with E-state index < -0.39 is 38.8 Å². The number of ether oxygens (including phenoxy) is 1. The Morgan fingerprint density at radius 1 is 1.26 bits per heavy atom. The second-order valence-electron chi connectivity index (χ2n) is 7.35. The largest absolute Gasteiger partial charge is 0.454 e. The first kappa shape index (κ1) is 23.0.